The van der Waals surface area contributed by atoms with Crippen LogP contribution in [0.4, 0.5) is 4.39 Å². The van der Waals surface area contributed by atoms with E-state index in [4.69, 9.17) is 27.9 Å². The van der Waals surface area contributed by atoms with Gasteiger partial charge in [0.2, 0.25) is 0 Å². The summed E-state index contributed by atoms with van der Waals surface area (Å²) in [5, 5.41) is 0.781. The van der Waals surface area contributed by atoms with Crippen LogP contribution >= 0.6 is 39.1 Å². The van der Waals surface area contributed by atoms with Crippen LogP contribution in [0.1, 0.15) is 5.69 Å². The molecule has 1 heterocycles. The number of halogens is 4. The fraction of sp³-hybridized carbons (Fsp3) is 0.0833. The summed E-state index contributed by atoms with van der Waals surface area (Å²) >= 11 is 15.0. The van der Waals surface area contributed by atoms with E-state index >= 15 is 0 Å². The third-order valence-corrected chi connectivity index (χ3v) is 3.35. The van der Waals surface area contributed by atoms with Gasteiger partial charge in [-0.15, -0.1) is 0 Å². The molecule has 0 amide bonds. The fourth-order valence-electron chi connectivity index (χ4n) is 1.29. The molecule has 0 bridgehead atoms. The number of hydrogen-bond acceptors (Lipinski definition) is 2. The maximum absolute atomic E-state index is 13.1. The zero-order valence-corrected chi connectivity index (χ0v) is 12.1. The third-order valence-electron chi connectivity index (χ3n) is 2.14. The van der Waals surface area contributed by atoms with Crippen LogP contribution in [0.15, 0.2) is 34.8 Å². The van der Waals surface area contributed by atoms with Crippen LogP contribution < -0.4 is 4.74 Å². The first-order valence-corrected chi connectivity index (χ1v) is 6.50. The van der Waals surface area contributed by atoms with E-state index in [1.807, 2.05) is 0 Å². The number of nitrogens with zero attached hydrogens (tertiary/aromatic N) is 1. The number of benzene rings is 1. The van der Waals surface area contributed by atoms with Gasteiger partial charge in [-0.25, -0.2) is 9.37 Å². The zero-order valence-electron chi connectivity index (χ0n) is 8.96. The predicted molar refractivity (Wildman–Crippen MR) is 72.7 cm³/mol. The van der Waals surface area contributed by atoms with Crippen LogP contribution in [-0.2, 0) is 6.61 Å². The Bertz CT molecular complexity index is 528. The minimum Gasteiger partial charge on any atom is -0.486 e. The van der Waals surface area contributed by atoms with Crippen molar-refractivity contribution < 1.29 is 9.13 Å². The van der Waals surface area contributed by atoms with E-state index in [0.29, 0.717) is 26.1 Å². The molecule has 0 saturated heterocycles. The highest BCUT2D eigenvalue weighted by Crippen LogP contribution is 2.27. The van der Waals surface area contributed by atoms with Crippen LogP contribution in [0, 0.1) is 5.82 Å². The Kier molecular flexibility index (Phi) is 4.43. The average molecular weight is 351 g/mol. The fourth-order valence-corrected chi connectivity index (χ4v) is 1.98. The van der Waals surface area contributed by atoms with E-state index in [9.17, 15) is 4.39 Å². The largest absolute Gasteiger partial charge is 0.486 e. The molecule has 18 heavy (non-hydrogen) atoms. The third kappa shape index (κ3) is 3.34. The molecule has 2 nitrogen and oxygen atoms in total. The quantitative estimate of drug-likeness (QED) is 0.737. The summed E-state index contributed by atoms with van der Waals surface area (Å²) < 4.78 is 19.2. The Hall–Kier alpha value is -0.840. The minimum atomic E-state index is -0.377. The van der Waals surface area contributed by atoms with Gasteiger partial charge in [0.1, 0.15) is 23.3 Å². The van der Waals surface area contributed by atoms with Gasteiger partial charge in [-0.1, -0.05) is 23.2 Å². The first-order chi connectivity index (χ1) is 8.56. The second kappa shape index (κ2) is 5.87. The molecule has 2 aromatic rings. The first kappa shape index (κ1) is 13.6. The molecule has 1 aromatic carbocycles. The van der Waals surface area contributed by atoms with Crippen LogP contribution in [0.3, 0.4) is 0 Å². The van der Waals surface area contributed by atoms with Gasteiger partial charge in [0.05, 0.1) is 15.2 Å². The number of rotatable bonds is 3. The molecule has 0 spiro atoms. The van der Waals surface area contributed by atoms with Crippen molar-refractivity contribution in [2.24, 2.45) is 0 Å². The maximum atomic E-state index is 13.1. The highest BCUT2D eigenvalue weighted by molar-refractivity contribution is 9.10. The molecular formula is C12H7BrCl2FNO. The van der Waals surface area contributed by atoms with E-state index in [-0.39, 0.29) is 12.4 Å². The molecule has 6 heteroatoms. The van der Waals surface area contributed by atoms with Crippen molar-refractivity contribution in [1.82, 2.24) is 4.98 Å². The lowest BCUT2D eigenvalue weighted by molar-refractivity contribution is 0.298. The van der Waals surface area contributed by atoms with Gasteiger partial charge in [-0.05, 0) is 40.2 Å². The van der Waals surface area contributed by atoms with Crippen molar-refractivity contribution in [2.75, 3.05) is 0 Å². The number of hydrogen-bond donors (Lipinski definition) is 0. The minimum absolute atomic E-state index is 0.113. The molecule has 0 fully saturated rings. The van der Waals surface area contributed by atoms with E-state index in [0.717, 1.165) is 0 Å². The van der Waals surface area contributed by atoms with Crippen molar-refractivity contribution in [3.63, 3.8) is 0 Å². The summed E-state index contributed by atoms with van der Waals surface area (Å²) in [6.07, 6.45) is 0. The van der Waals surface area contributed by atoms with Crippen LogP contribution in [-0.4, -0.2) is 4.98 Å². The molecule has 0 unspecified atom stereocenters. The Balaban J connectivity index is 2.16. The second-order valence-electron chi connectivity index (χ2n) is 3.43. The van der Waals surface area contributed by atoms with Crippen molar-refractivity contribution in [2.45, 2.75) is 6.61 Å². The van der Waals surface area contributed by atoms with Gasteiger partial charge >= 0.3 is 0 Å². The number of pyridine rings is 1. The zero-order chi connectivity index (χ0) is 13.1. The maximum Gasteiger partial charge on any atom is 0.136 e. The highest BCUT2D eigenvalue weighted by Gasteiger charge is 2.07. The summed E-state index contributed by atoms with van der Waals surface area (Å²) in [7, 11) is 0. The Morgan fingerprint density at radius 2 is 2.00 bits per heavy atom. The van der Waals surface area contributed by atoms with Crippen molar-refractivity contribution in [3.05, 3.63) is 56.5 Å². The Labute approximate surface area is 122 Å². The highest BCUT2D eigenvalue weighted by atomic mass is 79.9. The molecule has 94 valence electrons. The SMILES string of the molecule is Fc1ccc(Br)c(OCc2nc(Cl)ccc2Cl)c1. The lowest BCUT2D eigenvalue weighted by Crippen LogP contribution is -2.00. The van der Waals surface area contributed by atoms with Crippen molar-refractivity contribution in [1.29, 1.82) is 0 Å². The van der Waals surface area contributed by atoms with E-state index in [2.05, 4.69) is 20.9 Å². The summed E-state index contributed by atoms with van der Waals surface area (Å²) in [5.74, 6) is 0.00573. The molecule has 0 atom stereocenters. The van der Waals surface area contributed by atoms with Crippen molar-refractivity contribution >= 4 is 39.1 Å². The van der Waals surface area contributed by atoms with Gasteiger partial charge in [0.25, 0.3) is 0 Å². The second-order valence-corrected chi connectivity index (χ2v) is 5.07. The lowest BCUT2D eigenvalue weighted by Gasteiger charge is -2.09. The summed E-state index contributed by atoms with van der Waals surface area (Å²) in [4.78, 5) is 4.04. The standard InChI is InChI=1S/C12H7BrCl2FNO/c13-8-2-1-7(16)5-11(8)18-6-10-9(14)3-4-12(15)17-10/h1-5H,6H2. The monoisotopic (exact) mass is 349 g/mol. The van der Waals surface area contributed by atoms with E-state index in [1.165, 1.54) is 12.1 Å². The molecule has 0 aliphatic rings. The molecule has 0 saturated carbocycles. The van der Waals surface area contributed by atoms with E-state index in [1.54, 1.807) is 18.2 Å². The predicted octanol–water partition coefficient (Wildman–Crippen LogP) is 4.87. The first-order valence-electron chi connectivity index (χ1n) is 4.95. The van der Waals surface area contributed by atoms with E-state index < -0.39 is 0 Å². The molecule has 0 aliphatic heterocycles. The van der Waals surface area contributed by atoms with Gasteiger partial charge in [0.15, 0.2) is 0 Å². The Morgan fingerprint density at radius 1 is 1.22 bits per heavy atom. The molecule has 0 radical (unpaired) electrons. The number of aromatic nitrogens is 1. The van der Waals surface area contributed by atoms with Crippen LogP contribution in [0.2, 0.25) is 10.2 Å². The molecular weight excluding hydrogens is 344 g/mol. The van der Waals surface area contributed by atoms with Crippen molar-refractivity contribution in [3.8, 4) is 5.75 Å². The molecule has 2 rings (SSSR count). The summed E-state index contributed by atoms with van der Waals surface area (Å²) in [6, 6.07) is 7.41. The normalized spacial score (nSPS) is 10.4. The lowest BCUT2D eigenvalue weighted by atomic mass is 10.3. The van der Waals surface area contributed by atoms with Crippen LogP contribution in [0.25, 0.3) is 0 Å². The topological polar surface area (TPSA) is 22.1 Å². The molecule has 0 aliphatic carbocycles. The smallest absolute Gasteiger partial charge is 0.136 e. The summed E-state index contributed by atoms with van der Waals surface area (Å²) in [5.41, 5.74) is 0.500. The van der Waals surface area contributed by atoms with Gasteiger partial charge in [0, 0.05) is 6.07 Å². The van der Waals surface area contributed by atoms with Gasteiger partial charge < -0.3 is 4.74 Å². The molecule has 1 aromatic heterocycles. The van der Waals surface area contributed by atoms with Gasteiger partial charge in [-0.2, -0.15) is 0 Å². The molecule has 0 N–H and O–H groups in total. The van der Waals surface area contributed by atoms with Gasteiger partial charge in [-0.3, -0.25) is 0 Å². The Morgan fingerprint density at radius 3 is 2.78 bits per heavy atom. The average Bonchev–Trinajstić information content (AvgIpc) is 2.34. The number of ether oxygens (including phenoxy) is 1. The van der Waals surface area contributed by atoms with Crippen LogP contribution in [0.5, 0.6) is 5.75 Å². The summed E-state index contributed by atoms with van der Waals surface area (Å²) in [6.45, 7) is 0.113.